The molecule has 0 rings (SSSR count). The van der Waals surface area contributed by atoms with Crippen molar-refractivity contribution in [3.05, 3.63) is 0 Å². The zero-order valence-electron chi connectivity index (χ0n) is 8.48. The van der Waals surface area contributed by atoms with Crippen molar-refractivity contribution < 1.29 is 8.42 Å². The van der Waals surface area contributed by atoms with Gasteiger partial charge in [-0.15, -0.1) is 0 Å². The second-order valence-electron chi connectivity index (χ2n) is 3.11. The van der Waals surface area contributed by atoms with E-state index in [4.69, 9.17) is 5.26 Å². The van der Waals surface area contributed by atoms with Crippen molar-refractivity contribution in [2.75, 3.05) is 6.54 Å². The molecule has 13 heavy (non-hydrogen) atoms. The van der Waals surface area contributed by atoms with E-state index < -0.39 is 15.3 Å². The molecule has 0 spiro atoms. The number of hydrogen-bond acceptors (Lipinski definition) is 3. The molecule has 0 heterocycles. The van der Waals surface area contributed by atoms with Crippen LogP contribution in [0.2, 0.25) is 0 Å². The van der Waals surface area contributed by atoms with E-state index in [1.54, 1.807) is 26.8 Å². The standard InChI is InChI=1S/C8H16N2O2S/c1-5-10(7(2)3)13(11,12)8(4)6-9/h7-8H,5H2,1-4H3. The molecule has 4 nitrogen and oxygen atoms in total. The Morgan fingerprint density at radius 2 is 1.85 bits per heavy atom. The van der Waals surface area contributed by atoms with Gasteiger partial charge in [-0.25, -0.2) is 8.42 Å². The quantitative estimate of drug-likeness (QED) is 0.685. The predicted octanol–water partition coefficient (Wildman–Crippen LogP) is 0.959. The highest BCUT2D eigenvalue weighted by atomic mass is 32.2. The maximum atomic E-state index is 11.6. The maximum absolute atomic E-state index is 11.6. The zero-order valence-corrected chi connectivity index (χ0v) is 9.30. The Balaban J connectivity index is 4.93. The normalized spacial score (nSPS) is 14.5. The van der Waals surface area contributed by atoms with Gasteiger partial charge >= 0.3 is 0 Å². The van der Waals surface area contributed by atoms with E-state index in [1.807, 2.05) is 0 Å². The van der Waals surface area contributed by atoms with Gasteiger partial charge in [-0.05, 0) is 20.8 Å². The third-order valence-electron chi connectivity index (χ3n) is 1.84. The Bertz CT molecular complexity index is 290. The molecule has 0 aromatic rings. The predicted molar refractivity (Wildman–Crippen MR) is 51.5 cm³/mol. The summed E-state index contributed by atoms with van der Waals surface area (Å²) in [6.07, 6.45) is 0. The molecule has 1 unspecified atom stereocenters. The third kappa shape index (κ3) is 2.68. The average molecular weight is 204 g/mol. The SMILES string of the molecule is CCN(C(C)C)S(=O)(=O)C(C)C#N. The van der Waals surface area contributed by atoms with E-state index in [-0.39, 0.29) is 6.04 Å². The Morgan fingerprint density at radius 1 is 1.38 bits per heavy atom. The van der Waals surface area contributed by atoms with Gasteiger partial charge in [0.15, 0.2) is 5.25 Å². The van der Waals surface area contributed by atoms with Crippen molar-refractivity contribution in [1.82, 2.24) is 4.31 Å². The summed E-state index contributed by atoms with van der Waals surface area (Å²) in [4.78, 5) is 0. The van der Waals surface area contributed by atoms with Gasteiger partial charge in [-0.2, -0.15) is 9.57 Å². The Morgan fingerprint density at radius 3 is 2.08 bits per heavy atom. The number of nitriles is 1. The number of nitrogens with zero attached hydrogens (tertiary/aromatic N) is 2. The Labute approximate surface area is 80.2 Å². The fraction of sp³-hybridized carbons (Fsp3) is 0.875. The minimum atomic E-state index is -3.43. The highest BCUT2D eigenvalue weighted by Crippen LogP contribution is 2.11. The van der Waals surface area contributed by atoms with E-state index in [9.17, 15) is 8.42 Å². The molecule has 0 aliphatic heterocycles. The molecule has 0 saturated heterocycles. The summed E-state index contributed by atoms with van der Waals surface area (Å²) in [5, 5.41) is 7.58. The van der Waals surface area contributed by atoms with Crippen molar-refractivity contribution in [2.45, 2.75) is 39.0 Å². The molecule has 5 heteroatoms. The monoisotopic (exact) mass is 204 g/mol. The van der Waals surface area contributed by atoms with Crippen LogP contribution in [-0.4, -0.2) is 30.6 Å². The first-order valence-corrected chi connectivity index (χ1v) is 5.78. The topological polar surface area (TPSA) is 61.2 Å². The summed E-state index contributed by atoms with van der Waals surface area (Å²) < 4.78 is 24.6. The first-order chi connectivity index (χ1) is 5.87. The van der Waals surface area contributed by atoms with E-state index in [1.165, 1.54) is 11.2 Å². The lowest BCUT2D eigenvalue weighted by Crippen LogP contribution is -2.41. The fourth-order valence-electron chi connectivity index (χ4n) is 1.11. The molecule has 0 aliphatic rings. The lowest BCUT2D eigenvalue weighted by molar-refractivity contribution is 0.367. The van der Waals surface area contributed by atoms with Crippen molar-refractivity contribution in [2.24, 2.45) is 0 Å². The maximum Gasteiger partial charge on any atom is 0.230 e. The van der Waals surface area contributed by atoms with Crippen LogP contribution in [0.4, 0.5) is 0 Å². The molecule has 0 aliphatic carbocycles. The van der Waals surface area contributed by atoms with Crippen LogP contribution in [0.25, 0.3) is 0 Å². The van der Waals surface area contributed by atoms with E-state index in [2.05, 4.69) is 0 Å². The molecule has 1 atom stereocenters. The van der Waals surface area contributed by atoms with Gasteiger partial charge in [-0.3, -0.25) is 0 Å². The Hall–Kier alpha value is -0.600. The molecule has 0 N–H and O–H groups in total. The van der Waals surface area contributed by atoms with E-state index >= 15 is 0 Å². The van der Waals surface area contributed by atoms with Crippen molar-refractivity contribution in [1.29, 1.82) is 5.26 Å². The fourth-order valence-corrected chi connectivity index (χ4v) is 2.60. The molecule has 0 aromatic heterocycles. The molecule has 0 bridgehead atoms. The van der Waals surface area contributed by atoms with E-state index in [0.29, 0.717) is 6.54 Å². The van der Waals surface area contributed by atoms with Gasteiger partial charge in [0.05, 0.1) is 6.07 Å². The third-order valence-corrected chi connectivity index (χ3v) is 4.18. The molecular formula is C8H16N2O2S. The van der Waals surface area contributed by atoms with Crippen molar-refractivity contribution >= 4 is 10.0 Å². The first-order valence-electron chi connectivity index (χ1n) is 4.28. The van der Waals surface area contributed by atoms with Crippen LogP contribution in [0.3, 0.4) is 0 Å². The summed E-state index contributed by atoms with van der Waals surface area (Å²) in [5.41, 5.74) is 0. The van der Waals surface area contributed by atoms with Gasteiger partial charge in [0, 0.05) is 12.6 Å². The Kier molecular flexibility index (Phi) is 4.37. The van der Waals surface area contributed by atoms with Gasteiger partial charge in [0.1, 0.15) is 0 Å². The van der Waals surface area contributed by atoms with Crippen molar-refractivity contribution in [3.63, 3.8) is 0 Å². The molecule has 0 amide bonds. The van der Waals surface area contributed by atoms with Gasteiger partial charge in [-0.1, -0.05) is 6.92 Å². The number of hydrogen-bond donors (Lipinski definition) is 0. The molecule has 0 saturated carbocycles. The highest BCUT2D eigenvalue weighted by molar-refractivity contribution is 7.90. The molecular weight excluding hydrogens is 188 g/mol. The molecule has 76 valence electrons. The van der Waals surface area contributed by atoms with Gasteiger partial charge in [0.25, 0.3) is 0 Å². The second-order valence-corrected chi connectivity index (χ2v) is 5.32. The van der Waals surface area contributed by atoms with Crippen LogP contribution in [-0.2, 0) is 10.0 Å². The van der Waals surface area contributed by atoms with Crippen LogP contribution < -0.4 is 0 Å². The summed E-state index contributed by atoms with van der Waals surface area (Å²) in [6, 6.07) is 1.65. The summed E-state index contributed by atoms with van der Waals surface area (Å²) in [5.74, 6) is 0. The molecule has 0 radical (unpaired) electrons. The summed E-state index contributed by atoms with van der Waals surface area (Å²) in [7, 11) is -3.43. The summed E-state index contributed by atoms with van der Waals surface area (Å²) in [6.45, 7) is 7.17. The van der Waals surface area contributed by atoms with Crippen LogP contribution in [0.5, 0.6) is 0 Å². The largest absolute Gasteiger partial charge is 0.230 e. The minimum absolute atomic E-state index is 0.0919. The second kappa shape index (κ2) is 4.58. The lowest BCUT2D eigenvalue weighted by Gasteiger charge is -2.25. The van der Waals surface area contributed by atoms with Gasteiger partial charge in [0.2, 0.25) is 10.0 Å². The lowest BCUT2D eigenvalue weighted by atomic mass is 10.4. The van der Waals surface area contributed by atoms with Crippen molar-refractivity contribution in [3.8, 4) is 6.07 Å². The van der Waals surface area contributed by atoms with Crippen LogP contribution in [0.15, 0.2) is 0 Å². The first kappa shape index (κ1) is 12.4. The van der Waals surface area contributed by atoms with Crippen LogP contribution in [0.1, 0.15) is 27.7 Å². The van der Waals surface area contributed by atoms with Gasteiger partial charge < -0.3 is 0 Å². The van der Waals surface area contributed by atoms with E-state index in [0.717, 1.165) is 0 Å². The zero-order chi connectivity index (χ0) is 10.6. The number of sulfonamides is 1. The summed E-state index contributed by atoms with van der Waals surface area (Å²) >= 11 is 0. The highest BCUT2D eigenvalue weighted by Gasteiger charge is 2.29. The smallest absolute Gasteiger partial charge is 0.211 e. The molecule has 0 fully saturated rings. The minimum Gasteiger partial charge on any atom is -0.211 e. The average Bonchev–Trinajstić information content (AvgIpc) is 2.02. The van der Waals surface area contributed by atoms with Crippen LogP contribution in [0, 0.1) is 11.3 Å². The van der Waals surface area contributed by atoms with Crippen LogP contribution >= 0.6 is 0 Å². The number of rotatable bonds is 4. The molecule has 0 aromatic carbocycles.